The Balaban J connectivity index is 1.78. The van der Waals surface area contributed by atoms with Gasteiger partial charge in [-0.2, -0.15) is 0 Å². The molecule has 2 N–H and O–H groups in total. The van der Waals surface area contributed by atoms with Gasteiger partial charge in [0, 0.05) is 24.7 Å². The molecule has 1 fully saturated rings. The van der Waals surface area contributed by atoms with Crippen molar-refractivity contribution in [2.45, 2.75) is 70.7 Å². The molecule has 1 amide bonds. The molecular weight excluding hydrogens is 332 g/mol. The first-order valence-corrected chi connectivity index (χ1v) is 9.30. The Hall–Kier alpha value is -1.95. The van der Waals surface area contributed by atoms with E-state index in [0.29, 0.717) is 6.54 Å². The number of methoxy groups -OCH3 is 1. The quantitative estimate of drug-likeness (QED) is 0.775. The lowest BCUT2D eigenvalue weighted by Crippen LogP contribution is -2.49. The zero-order chi connectivity index (χ0) is 19.2. The predicted molar refractivity (Wildman–Crippen MR) is 102 cm³/mol. The molecule has 1 aliphatic carbocycles. The normalized spacial score (nSPS) is 21.1. The summed E-state index contributed by atoms with van der Waals surface area (Å²) >= 11 is 0. The standard InChI is InChI=1S/C20H32N2O4/c1-14(25-16-9-6-8-15(12-16)24-5)13-21-17-10-7-11-18(17)22-19(23)26-20(2,3)4/h6,8-9,12,14,17-18,21H,7,10-11,13H2,1-5H3,(H,22,23)/t14-,17+,18+/m1/s1. The number of carbonyl (C=O) groups excluding carboxylic acids is 1. The summed E-state index contributed by atoms with van der Waals surface area (Å²) in [6.07, 6.45) is 2.74. The lowest BCUT2D eigenvalue weighted by Gasteiger charge is -2.26. The Morgan fingerprint density at radius 3 is 2.62 bits per heavy atom. The minimum atomic E-state index is -0.481. The van der Waals surface area contributed by atoms with E-state index in [1.807, 2.05) is 52.0 Å². The molecule has 0 unspecified atom stereocenters. The van der Waals surface area contributed by atoms with E-state index >= 15 is 0 Å². The maximum absolute atomic E-state index is 12.0. The van der Waals surface area contributed by atoms with Crippen molar-refractivity contribution in [2.24, 2.45) is 0 Å². The Labute approximate surface area is 156 Å². The molecule has 6 nitrogen and oxygen atoms in total. The van der Waals surface area contributed by atoms with Gasteiger partial charge in [-0.3, -0.25) is 0 Å². The van der Waals surface area contributed by atoms with Crippen LogP contribution in [0.5, 0.6) is 11.5 Å². The van der Waals surface area contributed by atoms with Gasteiger partial charge in [-0.25, -0.2) is 4.79 Å². The number of ether oxygens (including phenoxy) is 3. The summed E-state index contributed by atoms with van der Waals surface area (Å²) in [5.74, 6) is 1.56. The number of carbonyl (C=O) groups is 1. The molecular formula is C20H32N2O4. The van der Waals surface area contributed by atoms with E-state index in [9.17, 15) is 4.79 Å². The van der Waals surface area contributed by atoms with Crippen molar-refractivity contribution in [3.63, 3.8) is 0 Å². The summed E-state index contributed by atoms with van der Waals surface area (Å²) in [5, 5.41) is 6.51. The molecule has 0 aromatic heterocycles. The molecule has 0 saturated heterocycles. The number of nitrogens with one attached hydrogen (secondary N) is 2. The fraction of sp³-hybridized carbons (Fsp3) is 0.650. The first-order chi connectivity index (χ1) is 12.3. The van der Waals surface area contributed by atoms with Crippen LogP contribution in [-0.2, 0) is 4.74 Å². The zero-order valence-corrected chi connectivity index (χ0v) is 16.5. The van der Waals surface area contributed by atoms with Crippen LogP contribution in [0.25, 0.3) is 0 Å². The molecule has 1 aromatic rings. The van der Waals surface area contributed by atoms with Crippen LogP contribution in [0.3, 0.4) is 0 Å². The molecule has 0 spiro atoms. The minimum Gasteiger partial charge on any atom is -0.497 e. The van der Waals surface area contributed by atoms with Gasteiger partial charge in [-0.15, -0.1) is 0 Å². The van der Waals surface area contributed by atoms with Crippen LogP contribution >= 0.6 is 0 Å². The molecule has 146 valence electrons. The third-order valence-electron chi connectivity index (χ3n) is 4.26. The predicted octanol–water partition coefficient (Wildman–Crippen LogP) is 3.50. The Morgan fingerprint density at radius 2 is 1.92 bits per heavy atom. The Bertz CT molecular complexity index is 585. The monoisotopic (exact) mass is 364 g/mol. The van der Waals surface area contributed by atoms with Crippen molar-refractivity contribution in [3.8, 4) is 11.5 Å². The summed E-state index contributed by atoms with van der Waals surface area (Å²) in [6, 6.07) is 7.92. The summed E-state index contributed by atoms with van der Waals surface area (Å²) < 4.78 is 16.5. The van der Waals surface area contributed by atoms with E-state index in [2.05, 4.69) is 10.6 Å². The second kappa shape index (κ2) is 9.12. The molecule has 1 aromatic carbocycles. The number of alkyl carbamates (subject to hydrolysis) is 1. The molecule has 0 aliphatic heterocycles. The van der Waals surface area contributed by atoms with Crippen molar-refractivity contribution in [2.75, 3.05) is 13.7 Å². The highest BCUT2D eigenvalue weighted by atomic mass is 16.6. The maximum Gasteiger partial charge on any atom is 0.407 e. The van der Waals surface area contributed by atoms with Crippen molar-refractivity contribution in [1.29, 1.82) is 0 Å². The smallest absolute Gasteiger partial charge is 0.407 e. The third-order valence-corrected chi connectivity index (χ3v) is 4.26. The van der Waals surface area contributed by atoms with Crippen molar-refractivity contribution >= 4 is 6.09 Å². The summed E-state index contributed by atoms with van der Waals surface area (Å²) in [7, 11) is 1.64. The van der Waals surface area contributed by atoms with Crippen LogP contribution in [-0.4, -0.2) is 43.5 Å². The van der Waals surface area contributed by atoms with Crippen molar-refractivity contribution < 1.29 is 19.0 Å². The highest BCUT2D eigenvalue weighted by molar-refractivity contribution is 5.68. The first kappa shape index (κ1) is 20.4. The van der Waals surface area contributed by atoms with Gasteiger partial charge in [0.2, 0.25) is 0 Å². The second-order valence-electron chi connectivity index (χ2n) is 7.81. The lowest BCUT2D eigenvalue weighted by molar-refractivity contribution is 0.0497. The molecule has 1 aliphatic rings. The highest BCUT2D eigenvalue weighted by Gasteiger charge is 2.30. The third kappa shape index (κ3) is 6.75. The second-order valence-corrected chi connectivity index (χ2v) is 7.81. The van der Waals surface area contributed by atoms with E-state index in [1.54, 1.807) is 7.11 Å². The van der Waals surface area contributed by atoms with Gasteiger partial charge in [0.1, 0.15) is 23.2 Å². The average molecular weight is 364 g/mol. The summed E-state index contributed by atoms with van der Waals surface area (Å²) in [5.41, 5.74) is -0.481. The van der Waals surface area contributed by atoms with E-state index in [4.69, 9.17) is 14.2 Å². The van der Waals surface area contributed by atoms with Crippen molar-refractivity contribution in [3.05, 3.63) is 24.3 Å². The fourth-order valence-electron chi connectivity index (χ4n) is 3.10. The van der Waals surface area contributed by atoms with Crippen LogP contribution < -0.4 is 20.1 Å². The average Bonchev–Trinajstić information content (AvgIpc) is 2.98. The molecule has 6 heteroatoms. The number of benzene rings is 1. The molecule has 0 bridgehead atoms. The van der Waals surface area contributed by atoms with E-state index < -0.39 is 5.60 Å². The van der Waals surface area contributed by atoms with Crippen LogP contribution in [0.4, 0.5) is 4.79 Å². The zero-order valence-electron chi connectivity index (χ0n) is 16.5. The number of rotatable bonds is 7. The fourth-order valence-corrected chi connectivity index (χ4v) is 3.10. The van der Waals surface area contributed by atoms with Crippen LogP contribution in [0.15, 0.2) is 24.3 Å². The topological polar surface area (TPSA) is 68.8 Å². The van der Waals surface area contributed by atoms with Gasteiger partial charge in [-0.05, 0) is 59.1 Å². The van der Waals surface area contributed by atoms with Gasteiger partial charge in [0.15, 0.2) is 0 Å². The largest absolute Gasteiger partial charge is 0.497 e. The summed E-state index contributed by atoms with van der Waals surface area (Å²) in [4.78, 5) is 12.0. The molecule has 26 heavy (non-hydrogen) atoms. The van der Waals surface area contributed by atoms with Gasteiger partial charge in [0.25, 0.3) is 0 Å². The molecule has 0 heterocycles. The Kier molecular flexibility index (Phi) is 7.14. The number of hydrogen-bond donors (Lipinski definition) is 2. The Morgan fingerprint density at radius 1 is 1.23 bits per heavy atom. The van der Waals surface area contributed by atoms with E-state index in [1.165, 1.54) is 0 Å². The number of hydrogen-bond acceptors (Lipinski definition) is 5. The molecule has 0 radical (unpaired) electrons. The first-order valence-electron chi connectivity index (χ1n) is 9.30. The lowest BCUT2D eigenvalue weighted by atomic mass is 10.1. The van der Waals surface area contributed by atoms with Crippen LogP contribution in [0.1, 0.15) is 47.0 Å². The maximum atomic E-state index is 12.0. The summed E-state index contributed by atoms with van der Waals surface area (Å²) in [6.45, 7) is 8.34. The highest BCUT2D eigenvalue weighted by Crippen LogP contribution is 2.22. The SMILES string of the molecule is COc1cccc(O[C@H](C)CN[C@H]2CCC[C@@H]2NC(=O)OC(C)(C)C)c1. The minimum absolute atomic E-state index is 0.00452. The van der Waals surface area contributed by atoms with Gasteiger partial charge >= 0.3 is 6.09 Å². The van der Waals surface area contributed by atoms with Crippen molar-refractivity contribution in [1.82, 2.24) is 10.6 Å². The van der Waals surface area contributed by atoms with Crippen LogP contribution in [0, 0.1) is 0 Å². The van der Waals surface area contributed by atoms with E-state index in [-0.39, 0.29) is 24.3 Å². The van der Waals surface area contributed by atoms with Gasteiger partial charge < -0.3 is 24.8 Å². The molecule has 1 saturated carbocycles. The molecule has 3 atom stereocenters. The van der Waals surface area contributed by atoms with Gasteiger partial charge in [-0.1, -0.05) is 6.07 Å². The molecule has 2 rings (SSSR count). The van der Waals surface area contributed by atoms with Gasteiger partial charge in [0.05, 0.1) is 7.11 Å². The van der Waals surface area contributed by atoms with Crippen LogP contribution in [0.2, 0.25) is 0 Å². The van der Waals surface area contributed by atoms with E-state index in [0.717, 1.165) is 30.8 Å². The number of amides is 1.